The Morgan fingerprint density at radius 2 is 1.43 bits per heavy atom. The Morgan fingerprint density at radius 3 is 2.06 bits per heavy atom. The molecule has 182 valence electrons. The number of thiocarbonyl (C=S) groups is 1. The number of hydrogen-bond donors (Lipinski definition) is 2. The molecule has 0 aliphatic carbocycles. The van der Waals surface area contributed by atoms with Crippen LogP contribution in [-0.4, -0.2) is 49.9 Å². The van der Waals surface area contributed by atoms with Gasteiger partial charge in [-0.2, -0.15) is 4.31 Å². The molecule has 1 saturated heterocycles. The predicted octanol–water partition coefficient (Wildman–Crippen LogP) is 3.64. The summed E-state index contributed by atoms with van der Waals surface area (Å²) in [4.78, 5) is 14.6. The van der Waals surface area contributed by atoms with Crippen molar-refractivity contribution in [1.82, 2.24) is 9.62 Å². The van der Waals surface area contributed by atoms with Crippen molar-refractivity contribution in [2.24, 2.45) is 0 Å². The van der Waals surface area contributed by atoms with Gasteiger partial charge < -0.3 is 15.5 Å². The molecule has 3 aromatic carbocycles. The molecular weight excluding hydrogens is 480 g/mol. The Hall–Kier alpha value is -3.27. The zero-order valence-electron chi connectivity index (χ0n) is 19.3. The lowest BCUT2D eigenvalue weighted by atomic mass is 10.1. The highest BCUT2D eigenvalue weighted by molar-refractivity contribution is 7.89. The van der Waals surface area contributed by atoms with Crippen LogP contribution in [-0.2, 0) is 21.2 Å². The Morgan fingerprint density at radius 1 is 0.829 bits per heavy atom. The van der Waals surface area contributed by atoms with Gasteiger partial charge in [0.2, 0.25) is 15.9 Å². The molecule has 2 N–H and O–H groups in total. The fraction of sp³-hybridized carbons (Fsp3) is 0.231. The number of benzene rings is 3. The van der Waals surface area contributed by atoms with Crippen molar-refractivity contribution in [2.45, 2.75) is 17.7 Å². The second-order valence-electron chi connectivity index (χ2n) is 8.24. The largest absolute Gasteiger partial charge is 0.369 e. The minimum absolute atomic E-state index is 0.177. The topological polar surface area (TPSA) is 81.8 Å². The molecule has 1 heterocycles. The molecule has 3 aromatic rings. The maximum absolute atomic E-state index is 13.1. The number of nitrogens with one attached hydrogen (secondary N) is 2. The van der Waals surface area contributed by atoms with Crippen LogP contribution in [0.1, 0.15) is 12.0 Å². The Bertz CT molecular complexity index is 1240. The molecule has 0 unspecified atom stereocenters. The minimum Gasteiger partial charge on any atom is -0.369 e. The highest BCUT2D eigenvalue weighted by Gasteiger charge is 2.28. The first-order valence-corrected chi connectivity index (χ1v) is 13.3. The highest BCUT2D eigenvalue weighted by atomic mass is 32.2. The van der Waals surface area contributed by atoms with E-state index in [1.165, 1.54) is 4.31 Å². The summed E-state index contributed by atoms with van der Waals surface area (Å²) < 4.78 is 27.7. The van der Waals surface area contributed by atoms with Crippen LogP contribution >= 0.6 is 12.2 Å². The predicted molar refractivity (Wildman–Crippen MR) is 143 cm³/mol. The quantitative estimate of drug-likeness (QED) is 0.475. The molecule has 9 heteroatoms. The van der Waals surface area contributed by atoms with Crippen molar-refractivity contribution in [1.29, 1.82) is 0 Å². The summed E-state index contributed by atoms with van der Waals surface area (Å²) >= 11 is 5.23. The molecule has 1 amide bonds. The molecule has 0 spiro atoms. The van der Waals surface area contributed by atoms with E-state index in [0.29, 0.717) is 44.7 Å². The fourth-order valence-electron chi connectivity index (χ4n) is 3.94. The van der Waals surface area contributed by atoms with Gasteiger partial charge in [-0.1, -0.05) is 48.5 Å². The third kappa shape index (κ3) is 6.66. The number of amides is 1. The monoisotopic (exact) mass is 508 g/mol. The van der Waals surface area contributed by atoms with Crippen molar-refractivity contribution in [2.75, 3.05) is 36.4 Å². The molecule has 4 rings (SSSR count). The first-order valence-electron chi connectivity index (χ1n) is 11.5. The van der Waals surface area contributed by atoms with E-state index in [4.69, 9.17) is 12.2 Å². The molecule has 1 fully saturated rings. The van der Waals surface area contributed by atoms with Gasteiger partial charge in [0.25, 0.3) is 0 Å². The van der Waals surface area contributed by atoms with E-state index in [1.54, 1.807) is 24.3 Å². The average Bonchev–Trinajstić information content (AvgIpc) is 2.89. The Balaban J connectivity index is 1.27. The third-order valence-corrected chi connectivity index (χ3v) is 7.96. The zero-order valence-corrected chi connectivity index (χ0v) is 20.9. The number of rotatable bonds is 7. The van der Waals surface area contributed by atoms with E-state index in [0.717, 1.165) is 11.3 Å². The number of aryl methyl sites for hydroxylation is 1. The van der Waals surface area contributed by atoms with Gasteiger partial charge in [0, 0.05) is 44.0 Å². The van der Waals surface area contributed by atoms with Gasteiger partial charge in [-0.15, -0.1) is 0 Å². The second kappa shape index (κ2) is 11.4. The van der Waals surface area contributed by atoms with Crippen molar-refractivity contribution in [3.63, 3.8) is 0 Å². The Labute approximate surface area is 211 Å². The van der Waals surface area contributed by atoms with Gasteiger partial charge >= 0.3 is 0 Å². The smallest absolute Gasteiger partial charge is 0.243 e. The molecular formula is C26H28N4O3S2. The lowest BCUT2D eigenvalue weighted by molar-refractivity contribution is -0.119. The molecule has 35 heavy (non-hydrogen) atoms. The second-order valence-corrected chi connectivity index (χ2v) is 10.6. The number of piperazine rings is 1. The SMILES string of the molecule is O=C(CCc1ccccc1)NC(=S)Nc1ccc(S(=O)(=O)N2CCN(c3ccccc3)CC2)cc1. The van der Waals surface area contributed by atoms with Crippen molar-refractivity contribution in [3.8, 4) is 0 Å². The summed E-state index contributed by atoms with van der Waals surface area (Å²) in [5.74, 6) is -0.180. The van der Waals surface area contributed by atoms with E-state index in [9.17, 15) is 13.2 Å². The molecule has 0 atom stereocenters. The number of nitrogens with zero attached hydrogens (tertiary/aromatic N) is 2. The summed E-state index contributed by atoms with van der Waals surface area (Å²) in [5.41, 5.74) is 2.79. The summed E-state index contributed by atoms with van der Waals surface area (Å²) in [7, 11) is -3.59. The molecule has 0 bridgehead atoms. The molecule has 0 radical (unpaired) electrons. The highest BCUT2D eigenvalue weighted by Crippen LogP contribution is 2.22. The average molecular weight is 509 g/mol. The van der Waals surface area contributed by atoms with Crippen LogP contribution in [0.15, 0.2) is 89.8 Å². The van der Waals surface area contributed by atoms with Crippen LogP contribution in [0.5, 0.6) is 0 Å². The number of carbonyl (C=O) groups is 1. The van der Waals surface area contributed by atoms with Crippen LogP contribution in [0.3, 0.4) is 0 Å². The molecule has 1 aliphatic heterocycles. The first-order chi connectivity index (χ1) is 16.9. The summed E-state index contributed by atoms with van der Waals surface area (Å²) in [6.07, 6.45) is 0.946. The molecule has 0 saturated carbocycles. The van der Waals surface area contributed by atoms with Crippen LogP contribution in [0, 0.1) is 0 Å². The summed E-state index contributed by atoms with van der Waals surface area (Å²) in [6.45, 7) is 2.13. The van der Waals surface area contributed by atoms with E-state index in [-0.39, 0.29) is 15.9 Å². The van der Waals surface area contributed by atoms with Gasteiger partial charge in [0.05, 0.1) is 4.90 Å². The maximum atomic E-state index is 13.1. The van der Waals surface area contributed by atoms with E-state index in [1.807, 2.05) is 60.7 Å². The minimum atomic E-state index is -3.59. The van der Waals surface area contributed by atoms with Crippen LogP contribution in [0.2, 0.25) is 0 Å². The molecule has 1 aliphatic rings. The standard InChI is InChI=1S/C26H28N4O3S2/c31-25(16-11-21-7-3-1-4-8-21)28-26(34)27-22-12-14-24(15-13-22)35(32,33)30-19-17-29(18-20-30)23-9-5-2-6-10-23/h1-10,12-15H,11,16-20H2,(H2,27,28,31,34). The first kappa shape index (κ1) is 24.8. The number of carbonyl (C=O) groups excluding carboxylic acids is 1. The van der Waals surface area contributed by atoms with E-state index >= 15 is 0 Å². The van der Waals surface area contributed by atoms with Gasteiger partial charge in [0.15, 0.2) is 5.11 Å². The summed E-state index contributed by atoms with van der Waals surface area (Å²) in [5, 5.41) is 5.78. The molecule has 0 aromatic heterocycles. The van der Waals surface area contributed by atoms with Crippen LogP contribution in [0.25, 0.3) is 0 Å². The number of anilines is 2. The number of sulfonamides is 1. The summed E-state index contributed by atoms with van der Waals surface area (Å²) in [6, 6.07) is 26.2. The van der Waals surface area contributed by atoms with E-state index in [2.05, 4.69) is 15.5 Å². The number of hydrogen-bond acceptors (Lipinski definition) is 5. The van der Waals surface area contributed by atoms with Crippen molar-refractivity contribution < 1.29 is 13.2 Å². The number of para-hydroxylation sites is 1. The van der Waals surface area contributed by atoms with Gasteiger partial charge in [-0.05, 0) is 60.6 Å². The van der Waals surface area contributed by atoms with Crippen molar-refractivity contribution in [3.05, 3.63) is 90.5 Å². The van der Waals surface area contributed by atoms with Crippen LogP contribution < -0.4 is 15.5 Å². The lowest BCUT2D eigenvalue weighted by Crippen LogP contribution is -2.48. The fourth-order valence-corrected chi connectivity index (χ4v) is 5.59. The normalized spacial score (nSPS) is 14.3. The third-order valence-electron chi connectivity index (χ3n) is 5.85. The Kier molecular flexibility index (Phi) is 8.12. The molecule has 7 nitrogen and oxygen atoms in total. The van der Waals surface area contributed by atoms with Crippen molar-refractivity contribution >= 4 is 44.6 Å². The van der Waals surface area contributed by atoms with E-state index < -0.39 is 10.0 Å². The van der Waals surface area contributed by atoms with Gasteiger partial charge in [-0.25, -0.2) is 8.42 Å². The van der Waals surface area contributed by atoms with Crippen LogP contribution in [0.4, 0.5) is 11.4 Å². The lowest BCUT2D eigenvalue weighted by Gasteiger charge is -2.35. The van der Waals surface area contributed by atoms with Gasteiger partial charge in [-0.3, -0.25) is 4.79 Å². The maximum Gasteiger partial charge on any atom is 0.243 e. The van der Waals surface area contributed by atoms with Gasteiger partial charge in [0.1, 0.15) is 0 Å². The zero-order chi connectivity index (χ0) is 24.7.